The van der Waals surface area contributed by atoms with E-state index in [-0.39, 0.29) is 0 Å². The minimum absolute atomic E-state index is 0.506. The Labute approximate surface area is 130 Å². The zero-order chi connectivity index (χ0) is 14.5. The molecule has 0 spiro atoms. The topological polar surface area (TPSA) is 34.0 Å². The average molecular weight is 302 g/mol. The first-order chi connectivity index (χ1) is 10.3. The molecule has 0 radical (unpaired) electrons. The molecule has 112 valence electrons. The lowest BCUT2D eigenvalue weighted by atomic mass is 10.1. The summed E-state index contributed by atoms with van der Waals surface area (Å²) in [7, 11) is 2.02. The molecule has 0 aliphatic carbocycles. The number of rotatable bonds is 4. The summed E-state index contributed by atoms with van der Waals surface area (Å²) in [5.74, 6) is 1.05. The molecular weight excluding hydrogens is 280 g/mol. The van der Waals surface area contributed by atoms with E-state index >= 15 is 0 Å². The van der Waals surface area contributed by atoms with Crippen molar-refractivity contribution in [3.05, 3.63) is 40.6 Å². The Bertz CT molecular complexity index is 573. The molecular formula is C16H22N4S. The van der Waals surface area contributed by atoms with Gasteiger partial charge in [-0.25, -0.2) is 0 Å². The smallest absolute Gasteiger partial charge is 0.146 e. The molecule has 0 saturated carbocycles. The summed E-state index contributed by atoms with van der Waals surface area (Å²) in [4.78, 5) is 3.87. The second-order valence-corrected chi connectivity index (χ2v) is 6.60. The van der Waals surface area contributed by atoms with Gasteiger partial charge >= 0.3 is 0 Å². The number of nitrogens with zero attached hydrogens (tertiary/aromatic N) is 4. The molecule has 0 unspecified atom stereocenters. The Hall–Kier alpha value is -1.46. The van der Waals surface area contributed by atoms with Crippen molar-refractivity contribution in [2.75, 3.05) is 6.54 Å². The average Bonchev–Trinajstić information content (AvgIpc) is 3.08. The van der Waals surface area contributed by atoms with Crippen LogP contribution in [0.15, 0.2) is 29.9 Å². The van der Waals surface area contributed by atoms with Gasteiger partial charge in [-0.15, -0.1) is 21.5 Å². The second-order valence-electron chi connectivity index (χ2n) is 5.62. The summed E-state index contributed by atoms with van der Waals surface area (Å²) >= 11 is 1.79. The highest BCUT2D eigenvalue weighted by Crippen LogP contribution is 2.21. The Kier molecular flexibility index (Phi) is 4.83. The predicted octanol–water partition coefficient (Wildman–Crippen LogP) is 3.33. The van der Waals surface area contributed by atoms with E-state index in [1.807, 2.05) is 11.6 Å². The summed E-state index contributed by atoms with van der Waals surface area (Å²) in [6.45, 7) is 2.03. The van der Waals surface area contributed by atoms with E-state index < -0.39 is 0 Å². The molecule has 0 amide bonds. The lowest BCUT2D eigenvalue weighted by Gasteiger charge is -2.27. The van der Waals surface area contributed by atoms with Crippen molar-refractivity contribution < 1.29 is 0 Å². The van der Waals surface area contributed by atoms with Crippen LogP contribution >= 0.6 is 11.3 Å². The molecule has 5 heteroatoms. The van der Waals surface area contributed by atoms with E-state index in [0.29, 0.717) is 6.04 Å². The summed E-state index contributed by atoms with van der Waals surface area (Å²) < 4.78 is 2.02. The number of thiophene rings is 1. The fourth-order valence-corrected chi connectivity index (χ4v) is 3.46. The van der Waals surface area contributed by atoms with Gasteiger partial charge in [0.15, 0.2) is 0 Å². The first kappa shape index (κ1) is 14.5. The van der Waals surface area contributed by atoms with Crippen molar-refractivity contribution in [2.45, 2.75) is 38.3 Å². The number of aromatic nitrogens is 3. The fourth-order valence-electron chi connectivity index (χ4n) is 2.83. The molecule has 0 N–H and O–H groups in total. The van der Waals surface area contributed by atoms with Crippen LogP contribution in [-0.2, 0) is 13.6 Å². The number of hydrogen-bond acceptors (Lipinski definition) is 4. The van der Waals surface area contributed by atoms with Gasteiger partial charge in [0.05, 0.1) is 6.54 Å². The molecule has 2 aromatic rings. The molecule has 3 heterocycles. The van der Waals surface area contributed by atoms with Gasteiger partial charge in [0, 0.05) is 18.0 Å². The van der Waals surface area contributed by atoms with Gasteiger partial charge < -0.3 is 4.57 Å². The zero-order valence-electron chi connectivity index (χ0n) is 12.5. The molecule has 4 nitrogen and oxygen atoms in total. The van der Waals surface area contributed by atoms with Crippen LogP contribution in [0.4, 0.5) is 0 Å². The third-order valence-electron chi connectivity index (χ3n) is 4.09. The second kappa shape index (κ2) is 7.00. The molecule has 1 saturated heterocycles. The van der Waals surface area contributed by atoms with Gasteiger partial charge in [0.1, 0.15) is 12.2 Å². The molecule has 1 aliphatic heterocycles. The number of likely N-dealkylation sites (tertiary alicyclic amines) is 1. The SMILES string of the molecule is Cn1cnnc1CN1CCCCC[C@@H]1/C=C/c1cccs1. The third kappa shape index (κ3) is 3.80. The van der Waals surface area contributed by atoms with Crippen LogP contribution in [0.25, 0.3) is 6.08 Å². The van der Waals surface area contributed by atoms with Crippen LogP contribution in [-0.4, -0.2) is 32.3 Å². The highest BCUT2D eigenvalue weighted by Gasteiger charge is 2.20. The van der Waals surface area contributed by atoms with Gasteiger partial charge in [-0.2, -0.15) is 0 Å². The van der Waals surface area contributed by atoms with Crippen molar-refractivity contribution >= 4 is 17.4 Å². The van der Waals surface area contributed by atoms with Crippen molar-refractivity contribution in [3.8, 4) is 0 Å². The Morgan fingerprint density at radius 1 is 1.38 bits per heavy atom. The summed E-state index contributed by atoms with van der Waals surface area (Å²) in [5, 5.41) is 10.4. The van der Waals surface area contributed by atoms with E-state index in [1.54, 1.807) is 17.7 Å². The molecule has 21 heavy (non-hydrogen) atoms. The predicted molar refractivity (Wildman–Crippen MR) is 87.0 cm³/mol. The van der Waals surface area contributed by atoms with Crippen LogP contribution < -0.4 is 0 Å². The van der Waals surface area contributed by atoms with Crippen LogP contribution in [0.2, 0.25) is 0 Å². The minimum atomic E-state index is 0.506. The standard InChI is InChI=1S/C16H22N4S/c1-19-13-17-18-16(19)12-20-10-4-2-3-6-14(20)8-9-15-7-5-11-21-15/h5,7-9,11,13-14H,2-4,6,10,12H2,1H3/b9-8+/t14-/m1/s1. The fraction of sp³-hybridized carbons (Fsp3) is 0.500. The Morgan fingerprint density at radius 2 is 2.33 bits per heavy atom. The number of hydrogen-bond donors (Lipinski definition) is 0. The Morgan fingerprint density at radius 3 is 3.10 bits per heavy atom. The van der Waals surface area contributed by atoms with Gasteiger partial charge in [-0.3, -0.25) is 4.90 Å². The Balaban J connectivity index is 1.72. The quantitative estimate of drug-likeness (QED) is 0.868. The lowest BCUT2D eigenvalue weighted by Crippen LogP contribution is -2.33. The van der Waals surface area contributed by atoms with Crippen molar-refractivity contribution in [3.63, 3.8) is 0 Å². The van der Waals surface area contributed by atoms with Crippen molar-refractivity contribution in [2.24, 2.45) is 7.05 Å². The largest absolute Gasteiger partial charge is 0.320 e. The van der Waals surface area contributed by atoms with E-state index in [4.69, 9.17) is 0 Å². The molecule has 1 fully saturated rings. The van der Waals surface area contributed by atoms with Crippen molar-refractivity contribution in [1.82, 2.24) is 19.7 Å². The van der Waals surface area contributed by atoms with E-state index in [0.717, 1.165) is 18.9 Å². The van der Waals surface area contributed by atoms with Gasteiger partial charge in [0.2, 0.25) is 0 Å². The highest BCUT2D eigenvalue weighted by molar-refractivity contribution is 7.10. The molecule has 2 aromatic heterocycles. The zero-order valence-corrected chi connectivity index (χ0v) is 13.3. The molecule has 0 aromatic carbocycles. The minimum Gasteiger partial charge on any atom is -0.320 e. The van der Waals surface area contributed by atoms with Crippen LogP contribution in [0.1, 0.15) is 36.4 Å². The lowest BCUT2D eigenvalue weighted by molar-refractivity contribution is 0.218. The maximum Gasteiger partial charge on any atom is 0.146 e. The van der Waals surface area contributed by atoms with Gasteiger partial charge in [-0.1, -0.05) is 25.0 Å². The first-order valence-corrected chi connectivity index (χ1v) is 8.49. The molecule has 1 aliphatic rings. The molecule has 1 atom stereocenters. The van der Waals surface area contributed by atoms with Crippen LogP contribution in [0, 0.1) is 0 Å². The van der Waals surface area contributed by atoms with Crippen molar-refractivity contribution in [1.29, 1.82) is 0 Å². The van der Waals surface area contributed by atoms with E-state index in [9.17, 15) is 0 Å². The summed E-state index contributed by atoms with van der Waals surface area (Å²) in [5.41, 5.74) is 0. The maximum atomic E-state index is 4.23. The van der Waals surface area contributed by atoms with Gasteiger partial charge in [-0.05, 0) is 36.9 Å². The normalized spacial score (nSPS) is 20.9. The third-order valence-corrected chi connectivity index (χ3v) is 4.93. The summed E-state index contributed by atoms with van der Waals surface area (Å²) in [6.07, 6.45) is 11.6. The monoisotopic (exact) mass is 302 g/mol. The first-order valence-electron chi connectivity index (χ1n) is 7.61. The molecule has 0 bridgehead atoms. The maximum absolute atomic E-state index is 4.23. The molecule has 3 rings (SSSR count). The van der Waals surface area contributed by atoms with E-state index in [1.165, 1.54) is 30.6 Å². The van der Waals surface area contributed by atoms with E-state index in [2.05, 4.69) is 44.8 Å². The van der Waals surface area contributed by atoms with Gasteiger partial charge in [0.25, 0.3) is 0 Å². The van der Waals surface area contributed by atoms with Crippen LogP contribution in [0.5, 0.6) is 0 Å². The highest BCUT2D eigenvalue weighted by atomic mass is 32.1. The summed E-state index contributed by atoms with van der Waals surface area (Å²) in [6, 6.07) is 4.78. The number of aryl methyl sites for hydroxylation is 1. The van der Waals surface area contributed by atoms with Crippen LogP contribution in [0.3, 0.4) is 0 Å².